The second-order valence-corrected chi connectivity index (χ2v) is 7.89. The molecule has 0 bridgehead atoms. The summed E-state index contributed by atoms with van der Waals surface area (Å²) in [6, 6.07) is 19.9. The molecule has 3 aromatic carbocycles. The van der Waals surface area contributed by atoms with Crippen molar-refractivity contribution in [3.05, 3.63) is 81.2 Å². The number of hydrogen-bond donors (Lipinski definition) is 1. The summed E-state index contributed by atoms with van der Waals surface area (Å²) in [5.74, 6) is 0.261. The van der Waals surface area contributed by atoms with Crippen LogP contribution in [0.15, 0.2) is 70.0 Å². The molecule has 1 fully saturated rings. The summed E-state index contributed by atoms with van der Waals surface area (Å²) >= 11 is 4.33. The molecular weight excluding hydrogens is 426 g/mol. The Bertz CT molecular complexity index is 1090. The lowest BCUT2D eigenvalue weighted by Gasteiger charge is -2.12. The SMILES string of the molecule is O=C1NC(=O)/C(=C\c2cc(Br)ccc2OCc2cccc3ccccc23)S1. The normalized spacial score (nSPS) is 15.4. The Balaban J connectivity index is 1.64. The third-order valence-corrected chi connectivity index (χ3v) is 5.47. The van der Waals surface area contributed by atoms with Gasteiger partial charge in [-0.05, 0) is 52.4 Å². The quantitative estimate of drug-likeness (QED) is 0.544. The fourth-order valence-corrected chi connectivity index (χ4v) is 3.95. The van der Waals surface area contributed by atoms with Gasteiger partial charge in [0.05, 0.1) is 4.91 Å². The highest BCUT2D eigenvalue weighted by Crippen LogP contribution is 2.31. The number of nitrogens with one attached hydrogen (secondary N) is 1. The zero-order valence-electron chi connectivity index (χ0n) is 14.1. The van der Waals surface area contributed by atoms with Crippen LogP contribution in [-0.4, -0.2) is 11.1 Å². The monoisotopic (exact) mass is 439 g/mol. The Morgan fingerprint density at radius 1 is 1.04 bits per heavy atom. The van der Waals surface area contributed by atoms with Gasteiger partial charge in [-0.25, -0.2) is 0 Å². The van der Waals surface area contributed by atoms with E-state index in [1.165, 1.54) is 0 Å². The molecule has 0 aromatic heterocycles. The van der Waals surface area contributed by atoms with Crippen LogP contribution in [0.2, 0.25) is 0 Å². The predicted octanol–water partition coefficient (Wildman–Crippen LogP) is 5.51. The van der Waals surface area contributed by atoms with E-state index in [-0.39, 0.29) is 11.1 Å². The van der Waals surface area contributed by atoms with Crippen molar-refractivity contribution in [2.75, 3.05) is 0 Å². The zero-order chi connectivity index (χ0) is 18.8. The number of fused-ring (bicyclic) bond motifs is 1. The second kappa shape index (κ2) is 7.58. The standard InChI is InChI=1S/C21H14BrNO3S/c22-16-8-9-18(15(10-16)11-19-20(24)23-21(25)27-19)26-12-14-6-3-5-13-4-1-2-7-17(13)14/h1-11H,12H2,(H,23,24,25)/b19-11+. The number of carbonyl (C=O) groups excluding carboxylic acids is 2. The van der Waals surface area contributed by atoms with Crippen LogP contribution in [0.3, 0.4) is 0 Å². The van der Waals surface area contributed by atoms with E-state index in [0.717, 1.165) is 38.1 Å². The van der Waals surface area contributed by atoms with Crippen molar-refractivity contribution in [1.29, 1.82) is 0 Å². The topological polar surface area (TPSA) is 55.4 Å². The van der Waals surface area contributed by atoms with Gasteiger partial charge in [-0.2, -0.15) is 0 Å². The van der Waals surface area contributed by atoms with Gasteiger partial charge in [-0.15, -0.1) is 0 Å². The number of halogens is 1. The van der Waals surface area contributed by atoms with Gasteiger partial charge in [0.25, 0.3) is 11.1 Å². The molecule has 0 radical (unpaired) electrons. The molecule has 0 aliphatic carbocycles. The molecule has 0 saturated carbocycles. The molecule has 0 atom stereocenters. The molecular formula is C21H14BrNO3S. The summed E-state index contributed by atoms with van der Waals surface area (Å²) in [6.45, 7) is 0.400. The molecule has 6 heteroatoms. The van der Waals surface area contributed by atoms with Crippen LogP contribution in [-0.2, 0) is 11.4 Å². The zero-order valence-corrected chi connectivity index (χ0v) is 16.5. The number of rotatable bonds is 4. The molecule has 1 saturated heterocycles. The van der Waals surface area contributed by atoms with Crippen molar-refractivity contribution in [1.82, 2.24) is 5.32 Å². The Labute approximate surface area is 168 Å². The fourth-order valence-electron chi connectivity index (χ4n) is 2.90. The molecule has 1 N–H and O–H groups in total. The highest BCUT2D eigenvalue weighted by molar-refractivity contribution is 9.10. The third kappa shape index (κ3) is 3.91. The largest absolute Gasteiger partial charge is 0.488 e. The van der Waals surface area contributed by atoms with Gasteiger partial charge in [0, 0.05) is 10.0 Å². The summed E-state index contributed by atoms with van der Waals surface area (Å²) in [5.41, 5.74) is 1.81. The van der Waals surface area contributed by atoms with E-state index >= 15 is 0 Å². The van der Waals surface area contributed by atoms with Crippen molar-refractivity contribution < 1.29 is 14.3 Å². The van der Waals surface area contributed by atoms with Gasteiger partial charge in [-0.3, -0.25) is 14.9 Å². The van der Waals surface area contributed by atoms with E-state index in [2.05, 4.69) is 39.4 Å². The number of benzene rings is 3. The van der Waals surface area contributed by atoms with Gasteiger partial charge in [0.2, 0.25) is 0 Å². The summed E-state index contributed by atoms with van der Waals surface area (Å²) in [6.07, 6.45) is 1.67. The van der Waals surface area contributed by atoms with Crippen molar-refractivity contribution in [2.24, 2.45) is 0 Å². The summed E-state index contributed by atoms with van der Waals surface area (Å²) in [5, 5.41) is 4.21. The maximum absolute atomic E-state index is 11.8. The molecule has 2 amide bonds. The van der Waals surface area contributed by atoms with Crippen molar-refractivity contribution in [3.8, 4) is 5.75 Å². The first kappa shape index (κ1) is 17.8. The van der Waals surface area contributed by atoms with E-state index in [1.807, 2.05) is 42.5 Å². The summed E-state index contributed by atoms with van der Waals surface area (Å²) in [4.78, 5) is 23.6. The average Bonchev–Trinajstić information content (AvgIpc) is 2.98. The van der Waals surface area contributed by atoms with E-state index in [0.29, 0.717) is 17.3 Å². The number of thioether (sulfide) groups is 1. The number of ether oxygens (including phenoxy) is 1. The van der Waals surface area contributed by atoms with E-state index in [4.69, 9.17) is 4.74 Å². The van der Waals surface area contributed by atoms with Gasteiger partial charge in [0.15, 0.2) is 0 Å². The highest BCUT2D eigenvalue weighted by Gasteiger charge is 2.25. The molecule has 1 aliphatic rings. The van der Waals surface area contributed by atoms with Gasteiger partial charge < -0.3 is 4.74 Å². The molecule has 134 valence electrons. The van der Waals surface area contributed by atoms with Crippen LogP contribution in [0.1, 0.15) is 11.1 Å². The first-order chi connectivity index (χ1) is 13.1. The lowest BCUT2D eigenvalue weighted by molar-refractivity contribution is -0.115. The number of carbonyl (C=O) groups is 2. The van der Waals surface area contributed by atoms with Crippen LogP contribution in [0.4, 0.5) is 4.79 Å². The Hall–Kier alpha value is -2.57. The maximum Gasteiger partial charge on any atom is 0.290 e. The van der Waals surface area contributed by atoms with Crippen molar-refractivity contribution in [3.63, 3.8) is 0 Å². The fraction of sp³-hybridized carbons (Fsp3) is 0.0476. The van der Waals surface area contributed by atoms with Crippen LogP contribution in [0.25, 0.3) is 16.8 Å². The number of imide groups is 1. The summed E-state index contributed by atoms with van der Waals surface area (Å²) in [7, 11) is 0. The average molecular weight is 440 g/mol. The molecule has 3 aromatic rings. The van der Waals surface area contributed by atoms with Crippen LogP contribution in [0, 0.1) is 0 Å². The first-order valence-corrected chi connectivity index (χ1v) is 9.85. The minimum atomic E-state index is -0.384. The minimum absolute atomic E-state index is 0.355. The van der Waals surface area contributed by atoms with Gasteiger partial charge >= 0.3 is 0 Å². The maximum atomic E-state index is 11.8. The van der Waals surface area contributed by atoms with Crippen LogP contribution >= 0.6 is 27.7 Å². The lowest BCUT2D eigenvalue weighted by atomic mass is 10.1. The molecule has 1 aliphatic heterocycles. The first-order valence-electron chi connectivity index (χ1n) is 8.24. The van der Waals surface area contributed by atoms with Crippen LogP contribution in [0.5, 0.6) is 5.75 Å². The summed E-state index contributed by atoms with van der Waals surface area (Å²) < 4.78 is 6.93. The molecule has 0 unspecified atom stereocenters. The van der Waals surface area contributed by atoms with Crippen LogP contribution < -0.4 is 10.1 Å². The Morgan fingerprint density at radius 3 is 2.67 bits per heavy atom. The molecule has 27 heavy (non-hydrogen) atoms. The number of hydrogen-bond acceptors (Lipinski definition) is 4. The van der Waals surface area contributed by atoms with E-state index in [1.54, 1.807) is 6.08 Å². The molecule has 4 nitrogen and oxygen atoms in total. The smallest absolute Gasteiger partial charge is 0.290 e. The Kier molecular flexibility index (Phi) is 5.01. The van der Waals surface area contributed by atoms with E-state index in [9.17, 15) is 9.59 Å². The third-order valence-electron chi connectivity index (χ3n) is 4.16. The van der Waals surface area contributed by atoms with E-state index < -0.39 is 0 Å². The Morgan fingerprint density at radius 2 is 1.85 bits per heavy atom. The van der Waals surface area contributed by atoms with Crippen molar-refractivity contribution >= 4 is 55.7 Å². The second-order valence-electron chi connectivity index (χ2n) is 5.96. The molecule has 0 spiro atoms. The predicted molar refractivity (Wildman–Crippen MR) is 112 cm³/mol. The van der Waals surface area contributed by atoms with Gasteiger partial charge in [0.1, 0.15) is 12.4 Å². The highest BCUT2D eigenvalue weighted by atomic mass is 79.9. The minimum Gasteiger partial charge on any atom is -0.488 e. The van der Waals surface area contributed by atoms with Gasteiger partial charge in [-0.1, -0.05) is 58.4 Å². The molecule has 1 heterocycles. The van der Waals surface area contributed by atoms with Crippen molar-refractivity contribution in [2.45, 2.75) is 6.61 Å². The lowest BCUT2D eigenvalue weighted by Crippen LogP contribution is -2.17. The number of amides is 2. The molecule has 4 rings (SSSR count).